The average Bonchev–Trinajstić information content (AvgIpc) is 2.70. The lowest BCUT2D eigenvalue weighted by atomic mass is 9.90. The van der Waals surface area contributed by atoms with Gasteiger partial charge in [0, 0.05) is 19.5 Å². The Kier molecular flexibility index (Phi) is 2.97. The van der Waals surface area contributed by atoms with E-state index in [-0.39, 0.29) is 12.1 Å². The van der Waals surface area contributed by atoms with Crippen molar-refractivity contribution in [1.29, 1.82) is 0 Å². The fraction of sp³-hybridized carbons (Fsp3) is 0.533. The number of carboxylic acids is 1. The molecule has 2 heterocycles. The van der Waals surface area contributed by atoms with Crippen molar-refractivity contribution in [2.24, 2.45) is 0 Å². The third-order valence-corrected chi connectivity index (χ3v) is 4.15. The standard InChI is InChI=1S/C15H19NO3/c1-11-2-3-12-4-5-15(19-13(12)8-11)6-7-16(10-15)9-14(17)18/h2-3,8H,4-7,9-10H2,1H3,(H,17,18). The number of benzene rings is 1. The largest absolute Gasteiger partial charge is 0.486 e. The van der Waals surface area contributed by atoms with E-state index in [2.05, 4.69) is 25.1 Å². The number of likely N-dealkylation sites (tertiary alicyclic amines) is 1. The Hall–Kier alpha value is -1.55. The van der Waals surface area contributed by atoms with E-state index >= 15 is 0 Å². The van der Waals surface area contributed by atoms with Crippen LogP contribution in [0.1, 0.15) is 24.0 Å². The van der Waals surface area contributed by atoms with E-state index in [9.17, 15) is 4.79 Å². The van der Waals surface area contributed by atoms with Crippen LogP contribution in [0.5, 0.6) is 5.75 Å². The quantitative estimate of drug-likeness (QED) is 0.882. The Bertz CT molecular complexity index is 514. The number of aryl methyl sites for hydroxylation is 2. The number of fused-ring (bicyclic) bond motifs is 1. The maximum Gasteiger partial charge on any atom is 0.317 e. The molecule has 2 aliphatic heterocycles. The van der Waals surface area contributed by atoms with Crippen molar-refractivity contribution >= 4 is 5.97 Å². The molecule has 0 saturated carbocycles. The zero-order chi connectivity index (χ0) is 13.5. The monoisotopic (exact) mass is 261 g/mol. The van der Waals surface area contributed by atoms with Crippen LogP contribution < -0.4 is 4.74 Å². The molecule has 1 aromatic rings. The van der Waals surface area contributed by atoms with Crippen molar-refractivity contribution in [3.63, 3.8) is 0 Å². The molecule has 1 fully saturated rings. The molecular formula is C15H19NO3. The highest BCUT2D eigenvalue weighted by molar-refractivity contribution is 5.69. The molecule has 1 N–H and O–H groups in total. The van der Waals surface area contributed by atoms with Crippen molar-refractivity contribution in [3.8, 4) is 5.75 Å². The second-order valence-electron chi connectivity index (χ2n) is 5.75. The first kappa shape index (κ1) is 12.5. The van der Waals surface area contributed by atoms with Gasteiger partial charge in [-0.3, -0.25) is 9.69 Å². The molecule has 4 heteroatoms. The van der Waals surface area contributed by atoms with Gasteiger partial charge in [0.1, 0.15) is 11.4 Å². The van der Waals surface area contributed by atoms with Crippen LogP contribution in [0.2, 0.25) is 0 Å². The zero-order valence-electron chi connectivity index (χ0n) is 11.2. The van der Waals surface area contributed by atoms with E-state index in [1.807, 2.05) is 4.90 Å². The van der Waals surface area contributed by atoms with Crippen LogP contribution in [-0.2, 0) is 11.2 Å². The summed E-state index contributed by atoms with van der Waals surface area (Å²) in [7, 11) is 0. The van der Waals surface area contributed by atoms with Gasteiger partial charge in [-0.2, -0.15) is 0 Å². The Morgan fingerprint density at radius 1 is 1.47 bits per heavy atom. The topological polar surface area (TPSA) is 49.8 Å². The maximum atomic E-state index is 10.8. The predicted molar refractivity (Wildman–Crippen MR) is 71.6 cm³/mol. The fourth-order valence-electron chi connectivity index (χ4n) is 3.15. The van der Waals surface area contributed by atoms with Gasteiger partial charge in [-0.15, -0.1) is 0 Å². The summed E-state index contributed by atoms with van der Waals surface area (Å²) in [6.45, 7) is 3.72. The minimum absolute atomic E-state index is 0.117. The third-order valence-electron chi connectivity index (χ3n) is 4.15. The molecular weight excluding hydrogens is 242 g/mol. The van der Waals surface area contributed by atoms with E-state index < -0.39 is 5.97 Å². The highest BCUT2D eigenvalue weighted by atomic mass is 16.5. The smallest absolute Gasteiger partial charge is 0.317 e. The third kappa shape index (κ3) is 2.45. The van der Waals surface area contributed by atoms with Crippen LogP contribution in [0.3, 0.4) is 0 Å². The molecule has 0 aliphatic carbocycles. The molecule has 4 nitrogen and oxygen atoms in total. The molecule has 1 saturated heterocycles. The van der Waals surface area contributed by atoms with Gasteiger partial charge in [0.25, 0.3) is 0 Å². The van der Waals surface area contributed by atoms with E-state index in [0.29, 0.717) is 0 Å². The van der Waals surface area contributed by atoms with Gasteiger partial charge in [0.05, 0.1) is 6.54 Å². The van der Waals surface area contributed by atoms with E-state index in [1.54, 1.807) is 0 Å². The molecule has 1 unspecified atom stereocenters. The van der Waals surface area contributed by atoms with Gasteiger partial charge >= 0.3 is 5.97 Å². The van der Waals surface area contributed by atoms with Gasteiger partial charge in [-0.1, -0.05) is 12.1 Å². The van der Waals surface area contributed by atoms with Crippen molar-refractivity contribution in [1.82, 2.24) is 4.90 Å². The normalized spacial score (nSPS) is 26.2. The summed E-state index contributed by atoms with van der Waals surface area (Å²) in [5.74, 6) is 0.229. The number of ether oxygens (including phenoxy) is 1. The van der Waals surface area contributed by atoms with Gasteiger partial charge in [0.2, 0.25) is 0 Å². The van der Waals surface area contributed by atoms with E-state index in [1.165, 1.54) is 11.1 Å². The molecule has 0 amide bonds. The first-order valence-electron chi connectivity index (χ1n) is 6.79. The highest BCUT2D eigenvalue weighted by Gasteiger charge is 2.42. The summed E-state index contributed by atoms with van der Waals surface area (Å²) in [5, 5.41) is 8.87. The van der Waals surface area contributed by atoms with Crippen molar-refractivity contribution < 1.29 is 14.6 Å². The summed E-state index contributed by atoms with van der Waals surface area (Å²) in [4.78, 5) is 12.8. The SMILES string of the molecule is Cc1ccc2c(c1)OC1(CC2)CCN(CC(=O)O)C1. The molecule has 19 heavy (non-hydrogen) atoms. The second kappa shape index (κ2) is 4.53. The number of rotatable bonds is 2. The van der Waals surface area contributed by atoms with Crippen LogP contribution in [-0.4, -0.2) is 41.2 Å². The number of carbonyl (C=O) groups is 1. The van der Waals surface area contributed by atoms with Crippen LogP contribution in [0.15, 0.2) is 18.2 Å². The number of nitrogens with zero attached hydrogens (tertiary/aromatic N) is 1. The number of hydrogen-bond donors (Lipinski definition) is 1. The molecule has 1 aromatic carbocycles. The van der Waals surface area contributed by atoms with E-state index in [0.717, 1.165) is 38.1 Å². The summed E-state index contributed by atoms with van der Waals surface area (Å²) >= 11 is 0. The van der Waals surface area contributed by atoms with Gasteiger partial charge in [-0.25, -0.2) is 0 Å². The van der Waals surface area contributed by atoms with Crippen LogP contribution in [0.25, 0.3) is 0 Å². The minimum Gasteiger partial charge on any atom is -0.486 e. The number of aliphatic carboxylic acids is 1. The molecule has 102 valence electrons. The van der Waals surface area contributed by atoms with Gasteiger partial charge < -0.3 is 9.84 Å². The summed E-state index contributed by atoms with van der Waals surface area (Å²) < 4.78 is 6.24. The van der Waals surface area contributed by atoms with Crippen LogP contribution in [0, 0.1) is 6.92 Å². The zero-order valence-corrected chi connectivity index (χ0v) is 11.2. The molecule has 0 aromatic heterocycles. The molecule has 1 spiro atoms. The van der Waals surface area contributed by atoms with Gasteiger partial charge in [0.15, 0.2) is 0 Å². The maximum absolute atomic E-state index is 10.8. The lowest BCUT2D eigenvalue weighted by Crippen LogP contribution is -2.43. The highest BCUT2D eigenvalue weighted by Crippen LogP contribution is 2.38. The number of hydrogen-bond acceptors (Lipinski definition) is 3. The van der Waals surface area contributed by atoms with E-state index in [4.69, 9.17) is 9.84 Å². The lowest BCUT2D eigenvalue weighted by molar-refractivity contribution is -0.138. The van der Waals surface area contributed by atoms with Gasteiger partial charge in [-0.05, 0) is 37.0 Å². The first-order valence-corrected chi connectivity index (χ1v) is 6.79. The Morgan fingerprint density at radius 2 is 2.32 bits per heavy atom. The summed E-state index contributed by atoms with van der Waals surface area (Å²) in [6.07, 6.45) is 2.93. The molecule has 3 rings (SSSR count). The minimum atomic E-state index is -0.760. The number of carboxylic acid groups (broad SMARTS) is 1. The second-order valence-corrected chi connectivity index (χ2v) is 5.75. The Labute approximate surface area is 113 Å². The summed E-state index contributed by atoms with van der Waals surface area (Å²) in [6, 6.07) is 6.35. The lowest BCUT2D eigenvalue weighted by Gasteiger charge is -2.35. The average molecular weight is 261 g/mol. The molecule has 0 radical (unpaired) electrons. The van der Waals surface area contributed by atoms with Crippen LogP contribution >= 0.6 is 0 Å². The summed E-state index contributed by atoms with van der Waals surface area (Å²) in [5.41, 5.74) is 2.31. The molecule has 2 aliphatic rings. The Morgan fingerprint density at radius 3 is 3.11 bits per heavy atom. The van der Waals surface area contributed by atoms with Crippen molar-refractivity contribution in [2.45, 2.75) is 31.8 Å². The predicted octanol–water partition coefficient (Wildman–Crippen LogP) is 1.85. The van der Waals surface area contributed by atoms with Crippen molar-refractivity contribution in [2.75, 3.05) is 19.6 Å². The molecule has 1 atom stereocenters. The first-order chi connectivity index (χ1) is 9.06. The van der Waals surface area contributed by atoms with Crippen molar-refractivity contribution in [3.05, 3.63) is 29.3 Å². The van der Waals surface area contributed by atoms with Crippen LogP contribution in [0.4, 0.5) is 0 Å². The Balaban J connectivity index is 1.76. The fourth-order valence-corrected chi connectivity index (χ4v) is 3.15. The molecule has 0 bridgehead atoms.